The predicted molar refractivity (Wildman–Crippen MR) is 118 cm³/mol. The van der Waals surface area contributed by atoms with Crippen molar-refractivity contribution in [2.75, 3.05) is 13.7 Å². The number of hydrogen-bond donors (Lipinski definition) is 0. The van der Waals surface area contributed by atoms with Crippen molar-refractivity contribution >= 4 is 22.6 Å². The Balaban J connectivity index is 1.59. The number of hydrogen-bond acceptors (Lipinski definition) is 7. The number of methoxy groups -OCH3 is 1. The van der Waals surface area contributed by atoms with E-state index in [1.807, 2.05) is 30.3 Å². The van der Waals surface area contributed by atoms with Gasteiger partial charge in [0.1, 0.15) is 11.3 Å². The fourth-order valence-electron chi connectivity index (χ4n) is 3.49. The molecule has 0 aliphatic heterocycles. The van der Waals surface area contributed by atoms with Crippen LogP contribution in [0.15, 0.2) is 62.2 Å². The second kappa shape index (κ2) is 9.32. The minimum absolute atomic E-state index is 0.384. The lowest BCUT2D eigenvalue weighted by molar-refractivity contribution is 0.232. The first-order valence-corrected chi connectivity index (χ1v) is 10.4. The first-order valence-electron chi connectivity index (χ1n) is 9.97. The van der Waals surface area contributed by atoms with Gasteiger partial charge in [-0.15, -0.1) is 10.2 Å². The third-order valence-corrected chi connectivity index (χ3v) is 5.23. The first-order chi connectivity index (χ1) is 15.1. The number of fused-ring (bicyclic) bond motifs is 1. The maximum atomic E-state index is 12.1. The normalized spacial score (nSPS) is 11.4. The number of rotatable bonds is 8. The highest BCUT2D eigenvalue weighted by Gasteiger charge is 2.16. The van der Waals surface area contributed by atoms with Crippen molar-refractivity contribution in [3.63, 3.8) is 0 Å². The number of aromatic nitrogens is 2. The minimum atomic E-state index is -0.397. The molecular weight excluding hydrogens is 418 g/mol. The Bertz CT molecular complexity index is 1250. The average molecular weight is 440 g/mol. The van der Waals surface area contributed by atoms with E-state index in [0.29, 0.717) is 46.8 Å². The van der Waals surface area contributed by atoms with Gasteiger partial charge in [-0.05, 0) is 42.8 Å². The zero-order valence-electron chi connectivity index (χ0n) is 17.3. The van der Waals surface area contributed by atoms with E-state index < -0.39 is 5.63 Å². The van der Waals surface area contributed by atoms with E-state index in [1.54, 1.807) is 19.2 Å². The van der Waals surface area contributed by atoms with Gasteiger partial charge in [-0.25, -0.2) is 4.79 Å². The molecule has 0 aliphatic carbocycles. The zero-order valence-corrected chi connectivity index (χ0v) is 18.1. The molecule has 2 heterocycles. The maximum Gasteiger partial charge on any atom is 0.336 e. The lowest BCUT2D eigenvalue weighted by Crippen LogP contribution is -2.24. The average Bonchev–Trinajstić information content (AvgIpc) is 3.21. The van der Waals surface area contributed by atoms with Gasteiger partial charge in [0.05, 0.1) is 24.2 Å². The van der Waals surface area contributed by atoms with Crippen LogP contribution in [0.4, 0.5) is 0 Å². The van der Waals surface area contributed by atoms with Crippen LogP contribution >= 0.6 is 11.6 Å². The number of nitrogens with zero attached hydrogens (tertiary/aromatic N) is 3. The number of halogens is 1. The standard InChI is InChI=1S/C23H22ClN3O4/c1-3-10-27(14-21-25-26-23(31-21)18-6-4-5-7-19(18)24)13-15-11-22(28)30-20-12-16(29-2)8-9-17(15)20/h4-9,11-12H,3,10,13-14H2,1-2H3. The summed E-state index contributed by atoms with van der Waals surface area (Å²) in [6, 6.07) is 14.3. The van der Waals surface area contributed by atoms with Crippen molar-refractivity contribution in [1.82, 2.24) is 15.1 Å². The highest BCUT2D eigenvalue weighted by atomic mass is 35.5. The second-order valence-electron chi connectivity index (χ2n) is 7.14. The quantitative estimate of drug-likeness (QED) is 0.360. The summed E-state index contributed by atoms with van der Waals surface area (Å²) in [4.78, 5) is 14.3. The largest absolute Gasteiger partial charge is 0.497 e. The van der Waals surface area contributed by atoms with Crippen LogP contribution in [-0.2, 0) is 13.1 Å². The van der Waals surface area contributed by atoms with Gasteiger partial charge >= 0.3 is 5.63 Å². The van der Waals surface area contributed by atoms with Gasteiger partial charge in [0, 0.05) is 24.1 Å². The van der Waals surface area contributed by atoms with Crippen LogP contribution in [0.5, 0.6) is 5.75 Å². The Morgan fingerprint density at radius 1 is 1.06 bits per heavy atom. The fourth-order valence-corrected chi connectivity index (χ4v) is 3.71. The molecule has 31 heavy (non-hydrogen) atoms. The second-order valence-corrected chi connectivity index (χ2v) is 7.55. The first kappa shape index (κ1) is 21.1. The summed E-state index contributed by atoms with van der Waals surface area (Å²) in [6.45, 7) is 3.87. The molecule has 4 rings (SSSR count). The number of ether oxygens (including phenoxy) is 1. The van der Waals surface area contributed by atoms with E-state index in [-0.39, 0.29) is 0 Å². The van der Waals surface area contributed by atoms with Crippen molar-refractivity contribution in [3.8, 4) is 17.2 Å². The maximum absolute atomic E-state index is 12.1. The van der Waals surface area contributed by atoms with E-state index in [4.69, 9.17) is 25.2 Å². The zero-order chi connectivity index (χ0) is 21.8. The molecule has 0 bridgehead atoms. The van der Waals surface area contributed by atoms with Crippen LogP contribution in [0.25, 0.3) is 22.4 Å². The minimum Gasteiger partial charge on any atom is -0.497 e. The molecule has 0 atom stereocenters. The topological polar surface area (TPSA) is 81.6 Å². The van der Waals surface area contributed by atoms with Gasteiger partial charge in [0.15, 0.2) is 0 Å². The van der Waals surface area contributed by atoms with Crippen LogP contribution in [0, 0.1) is 0 Å². The van der Waals surface area contributed by atoms with Crippen molar-refractivity contribution in [1.29, 1.82) is 0 Å². The summed E-state index contributed by atoms with van der Waals surface area (Å²) in [5, 5.41) is 9.75. The molecule has 0 N–H and O–H groups in total. The van der Waals surface area contributed by atoms with Gasteiger partial charge in [-0.3, -0.25) is 4.90 Å². The molecule has 0 aliphatic rings. The Labute approximate surface area is 184 Å². The molecule has 2 aromatic carbocycles. The summed E-state index contributed by atoms with van der Waals surface area (Å²) in [5.41, 5.74) is 1.67. The Hall–Kier alpha value is -3.16. The monoisotopic (exact) mass is 439 g/mol. The van der Waals surface area contributed by atoms with Crippen LogP contribution in [-0.4, -0.2) is 28.8 Å². The lowest BCUT2D eigenvalue weighted by atomic mass is 10.1. The molecule has 0 amide bonds. The molecule has 0 unspecified atom stereocenters. The van der Waals surface area contributed by atoms with Crippen LogP contribution in [0.1, 0.15) is 24.8 Å². The fraction of sp³-hybridized carbons (Fsp3) is 0.261. The van der Waals surface area contributed by atoms with E-state index in [1.165, 1.54) is 6.07 Å². The summed E-state index contributed by atoms with van der Waals surface area (Å²) in [6.07, 6.45) is 0.929. The SMILES string of the molecule is CCCN(Cc1nnc(-c2ccccc2Cl)o1)Cc1cc(=O)oc2cc(OC)ccc12. The summed E-state index contributed by atoms with van der Waals surface area (Å²) < 4.78 is 16.5. The molecule has 0 radical (unpaired) electrons. The van der Waals surface area contributed by atoms with E-state index in [0.717, 1.165) is 23.9 Å². The summed E-state index contributed by atoms with van der Waals surface area (Å²) in [7, 11) is 1.58. The lowest BCUT2D eigenvalue weighted by Gasteiger charge is -2.20. The van der Waals surface area contributed by atoms with Crippen LogP contribution in [0.3, 0.4) is 0 Å². The van der Waals surface area contributed by atoms with E-state index >= 15 is 0 Å². The molecule has 0 fully saturated rings. The summed E-state index contributed by atoms with van der Waals surface area (Å²) in [5.74, 6) is 1.50. The number of benzene rings is 2. The Morgan fingerprint density at radius 2 is 1.90 bits per heavy atom. The van der Waals surface area contributed by atoms with Gasteiger partial charge in [-0.1, -0.05) is 30.7 Å². The van der Waals surface area contributed by atoms with Crippen molar-refractivity contribution in [2.45, 2.75) is 26.4 Å². The van der Waals surface area contributed by atoms with Gasteiger partial charge in [0.2, 0.25) is 11.8 Å². The molecule has 0 saturated carbocycles. The van der Waals surface area contributed by atoms with E-state index in [9.17, 15) is 4.79 Å². The molecule has 0 spiro atoms. The van der Waals surface area contributed by atoms with Gasteiger partial charge < -0.3 is 13.6 Å². The Kier molecular flexibility index (Phi) is 6.34. The molecule has 7 nitrogen and oxygen atoms in total. The van der Waals surface area contributed by atoms with Crippen molar-refractivity contribution in [2.24, 2.45) is 0 Å². The molecule has 0 saturated heterocycles. The summed E-state index contributed by atoms with van der Waals surface area (Å²) >= 11 is 6.24. The van der Waals surface area contributed by atoms with Crippen molar-refractivity contribution in [3.05, 3.63) is 75.4 Å². The molecule has 4 aromatic rings. The van der Waals surface area contributed by atoms with Gasteiger partial charge in [0.25, 0.3) is 0 Å². The smallest absolute Gasteiger partial charge is 0.336 e. The molecule has 160 valence electrons. The van der Waals surface area contributed by atoms with Gasteiger partial charge in [-0.2, -0.15) is 0 Å². The van der Waals surface area contributed by atoms with E-state index in [2.05, 4.69) is 22.0 Å². The predicted octanol–water partition coefficient (Wildman–Crippen LogP) is 4.92. The third kappa shape index (κ3) is 4.78. The van der Waals surface area contributed by atoms with Crippen molar-refractivity contribution < 1.29 is 13.6 Å². The molecule has 8 heteroatoms. The third-order valence-electron chi connectivity index (χ3n) is 4.90. The highest BCUT2D eigenvalue weighted by Crippen LogP contribution is 2.27. The highest BCUT2D eigenvalue weighted by molar-refractivity contribution is 6.33. The van der Waals surface area contributed by atoms with Crippen LogP contribution in [0.2, 0.25) is 5.02 Å². The van der Waals surface area contributed by atoms with Crippen LogP contribution < -0.4 is 10.4 Å². The molecule has 2 aromatic heterocycles. The molecular formula is C23H22ClN3O4. The Morgan fingerprint density at radius 3 is 2.68 bits per heavy atom.